The molecule has 0 atom stereocenters. The fourth-order valence-electron chi connectivity index (χ4n) is 1.81. The zero-order valence-corrected chi connectivity index (χ0v) is 9.37. The highest BCUT2D eigenvalue weighted by atomic mass is 16.3. The van der Waals surface area contributed by atoms with Crippen molar-refractivity contribution in [3.05, 3.63) is 35.6 Å². The fourth-order valence-corrected chi connectivity index (χ4v) is 1.81. The van der Waals surface area contributed by atoms with Crippen molar-refractivity contribution in [2.24, 2.45) is 0 Å². The largest absolute Gasteiger partial charge is 0.461 e. The number of rotatable bonds is 2. The van der Waals surface area contributed by atoms with Gasteiger partial charge < -0.3 is 9.52 Å². The van der Waals surface area contributed by atoms with Crippen molar-refractivity contribution >= 4 is 11.0 Å². The van der Waals surface area contributed by atoms with Crippen LogP contribution in [0, 0.1) is 6.92 Å². The molecule has 15 heavy (non-hydrogen) atoms. The number of aliphatic hydroxyl groups is 1. The first kappa shape index (κ1) is 10.2. The molecule has 1 aromatic heterocycles. The lowest BCUT2D eigenvalue weighted by atomic mass is 9.85. The minimum Gasteiger partial charge on any atom is -0.461 e. The summed E-state index contributed by atoms with van der Waals surface area (Å²) in [5, 5.41) is 10.5. The average molecular weight is 204 g/mol. The zero-order chi connectivity index (χ0) is 11.1. The van der Waals surface area contributed by atoms with Crippen LogP contribution in [0.25, 0.3) is 11.0 Å². The first-order valence-electron chi connectivity index (χ1n) is 5.15. The van der Waals surface area contributed by atoms with Crippen molar-refractivity contribution in [2.45, 2.75) is 26.2 Å². The minimum absolute atomic E-state index is 0.117. The van der Waals surface area contributed by atoms with Gasteiger partial charge in [-0.1, -0.05) is 32.0 Å². The molecule has 0 fully saturated rings. The van der Waals surface area contributed by atoms with Gasteiger partial charge in [-0.25, -0.2) is 0 Å². The highest BCUT2D eigenvalue weighted by Crippen LogP contribution is 2.31. The second kappa shape index (κ2) is 3.38. The normalized spacial score (nSPS) is 12.3. The highest BCUT2D eigenvalue weighted by molar-refractivity contribution is 5.82. The number of furan rings is 1. The van der Waals surface area contributed by atoms with E-state index in [1.807, 2.05) is 45.0 Å². The molecule has 0 amide bonds. The van der Waals surface area contributed by atoms with E-state index in [4.69, 9.17) is 4.42 Å². The molecule has 0 unspecified atom stereocenters. The predicted octanol–water partition coefficient (Wildman–Crippen LogP) is 3.01. The molecule has 2 aromatic rings. The van der Waals surface area contributed by atoms with Gasteiger partial charge in [0.25, 0.3) is 0 Å². The van der Waals surface area contributed by atoms with Crippen molar-refractivity contribution in [2.75, 3.05) is 6.61 Å². The summed E-state index contributed by atoms with van der Waals surface area (Å²) in [7, 11) is 0. The summed E-state index contributed by atoms with van der Waals surface area (Å²) in [6.07, 6.45) is 0. The number of benzene rings is 1. The lowest BCUT2D eigenvalue weighted by Crippen LogP contribution is -2.22. The van der Waals surface area contributed by atoms with E-state index in [1.165, 1.54) is 0 Å². The van der Waals surface area contributed by atoms with Crippen LogP contribution in [0.1, 0.15) is 25.2 Å². The Kier molecular flexibility index (Phi) is 2.31. The van der Waals surface area contributed by atoms with E-state index in [2.05, 4.69) is 0 Å². The van der Waals surface area contributed by atoms with Gasteiger partial charge in [0, 0.05) is 16.4 Å². The molecule has 0 aliphatic carbocycles. The zero-order valence-electron chi connectivity index (χ0n) is 9.37. The van der Waals surface area contributed by atoms with Crippen LogP contribution in [0.15, 0.2) is 28.7 Å². The molecule has 80 valence electrons. The molecular formula is C13H16O2. The summed E-state index contributed by atoms with van der Waals surface area (Å²) < 4.78 is 5.68. The Hall–Kier alpha value is -1.28. The molecule has 0 saturated heterocycles. The molecule has 2 heteroatoms. The maximum absolute atomic E-state index is 9.37. The molecule has 1 N–H and O–H groups in total. The molecule has 0 spiro atoms. The van der Waals surface area contributed by atoms with Gasteiger partial charge in [0.2, 0.25) is 0 Å². The van der Waals surface area contributed by atoms with Crippen LogP contribution in [0.5, 0.6) is 0 Å². The van der Waals surface area contributed by atoms with Gasteiger partial charge in [0.15, 0.2) is 0 Å². The van der Waals surface area contributed by atoms with Crippen molar-refractivity contribution in [1.29, 1.82) is 0 Å². The lowest BCUT2D eigenvalue weighted by molar-refractivity contribution is 0.218. The van der Waals surface area contributed by atoms with Crippen LogP contribution in [0.3, 0.4) is 0 Å². The van der Waals surface area contributed by atoms with Gasteiger partial charge >= 0.3 is 0 Å². The number of hydrogen-bond donors (Lipinski definition) is 1. The molecule has 1 aromatic carbocycles. The summed E-state index contributed by atoms with van der Waals surface area (Å²) in [5.41, 5.74) is 1.70. The van der Waals surface area contributed by atoms with Crippen molar-refractivity contribution in [1.82, 2.24) is 0 Å². The Morgan fingerprint density at radius 2 is 2.07 bits per heavy atom. The molecule has 1 heterocycles. The van der Waals surface area contributed by atoms with Gasteiger partial charge in [-0.15, -0.1) is 0 Å². The van der Waals surface area contributed by atoms with E-state index in [-0.39, 0.29) is 12.0 Å². The minimum atomic E-state index is -0.260. The topological polar surface area (TPSA) is 33.4 Å². The summed E-state index contributed by atoms with van der Waals surface area (Å²) in [5.74, 6) is 0.909. The van der Waals surface area contributed by atoms with E-state index in [9.17, 15) is 5.11 Å². The van der Waals surface area contributed by atoms with E-state index in [0.717, 1.165) is 22.3 Å². The average Bonchev–Trinajstić information content (AvgIpc) is 2.57. The number of fused-ring (bicyclic) bond motifs is 1. The number of para-hydroxylation sites is 1. The maximum atomic E-state index is 9.37. The predicted molar refractivity (Wildman–Crippen MR) is 61.1 cm³/mol. The Morgan fingerprint density at radius 1 is 1.33 bits per heavy atom. The molecular weight excluding hydrogens is 188 g/mol. The van der Waals surface area contributed by atoms with Crippen molar-refractivity contribution in [3.63, 3.8) is 0 Å². The SMILES string of the molecule is Cc1cc2cccc(C(C)(C)CO)c2o1. The number of aliphatic hydroxyl groups excluding tert-OH is 1. The third kappa shape index (κ3) is 1.65. The molecule has 0 radical (unpaired) electrons. The van der Waals surface area contributed by atoms with Gasteiger partial charge in [-0.3, -0.25) is 0 Å². The van der Waals surface area contributed by atoms with Gasteiger partial charge in [0.1, 0.15) is 11.3 Å². The standard InChI is InChI=1S/C13H16O2/c1-9-7-10-5-4-6-11(12(10)15-9)13(2,3)8-14/h4-7,14H,8H2,1-3H3. The van der Waals surface area contributed by atoms with Gasteiger partial charge in [0.05, 0.1) is 6.61 Å². The summed E-state index contributed by atoms with van der Waals surface area (Å²) in [6.45, 7) is 6.08. The Bertz CT molecular complexity index is 480. The molecule has 0 bridgehead atoms. The van der Waals surface area contributed by atoms with Crippen LogP contribution in [0.2, 0.25) is 0 Å². The number of aryl methyl sites for hydroxylation is 1. The van der Waals surface area contributed by atoms with E-state index < -0.39 is 0 Å². The van der Waals surface area contributed by atoms with Crippen LogP contribution in [0.4, 0.5) is 0 Å². The van der Waals surface area contributed by atoms with Crippen molar-refractivity contribution < 1.29 is 9.52 Å². The van der Waals surface area contributed by atoms with E-state index in [1.54, 1.807) is 0 Å². The smallest absolute Gasteiger partial charge is 0.138 e. The maximum Gasteiger partial charge on any atom is 0.138 e. The highest BCUT2D eigenvalue weighted by Gasteiger charge is 2.23. The van der Waals surface area contributed by atoms with Crippen molar-refractivity contribution in [3.8, 4) is 0 Å². The number of hydrogen-bond acceptors (Lipinski definition) is 2. The quantitative estimate of drug-likeness (QED) is 0.815. The Morgan fingerprint density at radius 3 is 2.73 bits per heavy atom. The summed E-state index contributed by atoms with van der Waals surface area (Å²) in [6, 6.07) is 8.07. The Balaban J connectivity index is 2.70. The third-order valence-electron chi connectivity index (χ3n) is 2.79. The molecule has 0 aliphatic rings. The summed E-state index contributed by atoms with van der Waals surface area (Å²) in [4.78, 5) is 0. The van der Waals surface area contributed by atoms with Crippen LogP contribution in [-0.2, 0) is 5.41 Å². The van der Waals surface area contributed by atoms with E-state index in [0.29, 0.717) is 0 Å². The second-order valence-electron chi connectivity index (χ2n) is 4.62. The first-order valence-corrected chi connectivity index (χ1v) is 5.15. The van der Waals surface area contributed by atoms with Crippen LogP contribution in [-0.4, -0.2) is 11.7 Å². The van der Waals surface area contributed by atoms with E-state index >= 15 is 0 Å². The third-order valence-corrected chi connectivity index (χ3v) is 2.79. The van der Waals surface area contributed by atoms with Crippen LogP contribution >= 0.6 is 0 Å². The molecule has 0 saturated carbocycles. The lowest BCUT2D eigenvalue weighted by Gasteiger charge is -2.22. The molecule has 2 nitrogen and oxygen atoms in total. The second-order valence-corrected chi connectivity index (χ2v) is 4.62. The fraction of sp³-hybridized carbons (Fsp3) is 0.385. The monoisotopic (exact) mass is 204 g/mol. The van der Waals surface area contributed by atoms with Gasteiger partial charge in [-0.05, 0) is 13.0 Å². The van der Waals surface area contributed by atoms with Gasteiger partial charge in [-0.2, -0.15) is 0 Å². The first-order chi connectivity index (χ1) is 7.04. The molecule has 0 aliphatic heterocycles. The summed E-state index contributed by atoms with van der Waals surface area (Å²) >= 11 is 0. The molecule has 2 rings (SSSR count). The Labute approximate surface area is 89.5 Å². The van der Waals surface area contributed by atoms with Crippen LogP contribution < -0.4 is 0 Å².